The molecule has 0 aromatic heterocycles. The molecule has 0 fully saturated rings. The topological polar surface area (TPSA) is 15.5 Å². The maximum atomic E-state index is 7.14. The quantitative estimate of drug-likeness (QED) is 0.391. The monoisotopic (exact) mass is 475 g/mol. The molecule has 3 nitrogen and oxygen atoms in total. The fourth-order valence-electron chi connectivity index (χ4n) is 7.73. The van der Waals surface area contributed by atoms with Gasteiger partial charge in [0.1, 0.15) is 24.6 Å². The number of benzene rings is 3. The molecule has 5 heterocycles. The van der Waals surface area contributed by atoms with E-state index in [0.717, 1.165) is 30.8 Å². The van der Waals surface area contributed by atoms with Gasteiger partial charge in [0.25, 0.3) is 0 Å². The second-order valence-electron chi connectivity index (χ2n) is 11.4. The predicted octanol–water partition coefficient (Wildman–Crippen LogP) is 4.68. The highest BCUT2D eigenvalue weighted by Crippen LogP contribution is 2.48. The molecule has 0 amide bonds. The molecule has 0 radical (unpaired) electrons. The summed E-state index contributed by atoms with van der Waals surface area (Å²) < 4.78 is 9.78. The van der Waals surface area contributed by atoms with Crippen LogP contribution in [0.3, 0.4) is 0 Å². The van der Waals surface area contributed by atoms with Gasteiger partial charge in [-0.15, -0.1) is 0 Å². The summed E-state index contributed by atoms with van der Waals surface area (Å²) in [6.07, 6.45) is 10.7. The Morgan fingerprint density at radius 2 is 1.56 bits per heavy atom. The van der Waals surface area contributed by atoms with Crippen LogP contribution in [0.2, 0.25) is 0 Å². The maximum absolute atomic E-state index is 7.14. The van der Waals surface area contributed by atoms with Crippen LogP contribution in [0.5, 0.6) is 11.5 Å². The van der Waals surface area contributed by atoms with E-state index in [1.54, 1.807) is 0 Å². The third kappa shape index (κ3) is 2.95. The molecule has 0 unspecified atom stereocenters. The lowest BCUT2D eigenvalue weighted by Gasteiger charge is -2.39. The number of ether oxygens (including phenoxy) is 1. The zero-order chi connectivity index (χ0) is 23.8. The van der Waals surface area contributed by atoms with Crippen LogP contribution in [0.1, 0.15) is 71.6 Å². The fourth-order valence-corrected chi connectivity index (χ4v) is 7.73. The molecule has 8 rings (SSSR count). The van der Waals surface area contributed by atoms with Crippen molar-refractivity contribution in [3.63, 3.8) is 0 Å². The molecular weight excluding hydrogens is 440 g/mol. The summed E-state index contributed by atoms with van der Waals surface area (Å²) in [5.41, 5.74) is 13.0. The molecule has 3 aromatic carbocycles. The highest BCUT2D eigenvalue weighted by Gasteiger charge is 2.35. The summed E-state index contributed by atoms with van der Waals surface area (Å²) in [7, 11) is 0. The van der Waals surface area contributed by atoms with Gasteiger partial charge in [0.2, 0.25) is 5.36 Å². The Morgan fingerprint density at radius 1 is 0.806 bits per heavy atom. The first-order chi connectivity index (χ1) is 17.8. The molecule has 0 bridgehead atoms. The van der Waals surface area contributed by atoms with Gasteiger partial charge in [0.15, 0.2) is 0 Å². The second-order valence-corrected chi connectivity index (χ2v) is 11.4. The van der Waals surface area contributed by atoms with Crippen LogP contribution in [-0.2, 0) is 32.1 Å². The summed E-state index contributed by atoms with van der Waals surface area (Å²) in [6.45, 7) is 7.01. The maximum Gasteiger partial charge on any atom is 0.210 e. The van der Waals surface area contributed by atoms with E-state index in [2.05, 4.69) is 52.8 Å². The molecular formula is C33H35N2O+. The van der Waals surface area contributed by atoms with Crippen LogP contribution in [-0.4, -0.2) is 26.2 Å². The summed E-state index contributed by atoms with van der Waals surface area (Å²) in [6, 6.07) is 14.4. The first-order valence-electron chi connectivity index (χ1n) is 14.3. The lowest BCUT2D eigenvalue weighted by molar-refractivity contribution is 0.431. The molecule has 5 aliphatic heterocycles. The van der Waals surface area contributed by atoms with Crippen LogP contribution in [0.4, 0.5) is 5.69 Å². The molecule has 0 aliphatic carbocycles. The Balaban J connectivity index is 1.50. The first kappa shape index (κ1) is 21.1. The Morgan fingerprint density at radius 3 is 2.39 bits per heavy atom. The van der Waals surface area contributed by atoms with Gasteiger partial charge in [-0.05, 0) is 73.8 Å². The first-order valence-corrected chi connectivity index (χ1v) is 14.3. The van der Waals surface area contributed by atoms with Gasteiger partial charge in [-0.25, -0.2) is 4.58 Å². The minimum Gasteiger partial charge on any atom is -0.455 e. The average Bonchev–Trinajstić information content (AvgIpc) is 2.93. The molecule has 0 saturated heterocycles. The number of nitrogens with zero attached hydrogens (tertiary/aromatic N) is 2. The highest BCUT2D eigenvalue weighted by molar-refractivity contribution is 5.89. The van der Waals surface area contributed by atoms with Gasteiger partial charge in [-0.3, -0.25) is 0 Å². The summed E-state index contributed by atoms with van der Waals surface area (Å²) >= 11 is 0. The van der Waals surface area contributed by atoms with Crippen LogP contribution in [0.25, 0.3) is 5.57 Å². The molecule has 5 aliphatic rings. The van der Waals surface area contributed by atoms with Crippen molar-refractivity contribution < 1.29 is 4.74 Å². The lowest BCUT2D eigenvalue weighted by Crippen LogP contribution is -2.45. The minimum absolute atomic E-state index is 1.08. The molecule has 0 spiro atoms. The van der Waals surface area contributed by atoms with Crippen molar-refractivity contribution in [2.75, 3.05) is 31.1 Å². The largest absolute Gasteiger partial charge is 0.455 e. The van der Waals surface area contributed by atoms with Gasteiger partial charge in [-0.1, -0.05) is 31.2 Å². The van der Waals surface area contributed by atoms with Crippen LogP contribution in [0.15, 0.2) is 36.4 Å². The van der Waals surface area contributed by atoms with Gasteiger partial charge >= 0.3 is 0 Å². The van der Waals surface area contributed by atoms with Crippen LogP contribution >= 0.6 is 0 Å². The third-order valence-electron chi connectivity index (χ3n) is 9.34. The van der Waals surface area contributed by atoms with Crippen molar-refractivity contribution in [2.24, 2.45) is 0 Å². The average molecular weight is 476 g/mol. The van der Waals surface area contributed by atoms with Crippen molar-refractivity contribution in [1.29, 1.82) is 0 Å². The van der Waals surface area contributed by atoms with Gasteiger partial charge in [0, 0.05) is 59.1 Å². The summed E-state index contributed by atoms with van der Waals surface area (Å²) in [5.74, 6) is 2.32. The highest BCUT2D eigenvalue weighted by atomic mass is 16.5. The van der Waals surface area contributed by atoms with E-state index in [0.29, 0.717) is 0 Å². The minimum atomic E-state index is 1.08. The SMILES string of the molecule is CCc1ccc(C2=c3cc4c5c(c3Oc3c2cc2c6c3CCCN6CCC2)CCC[N+]=5CCC4)cc1. The molecule has 3 heteroatoms. The molecule has 0 saturated carbocycles. The zero-order valence-electron chi connectivity index (χ0n) is 21.5. The number of hydrogen-bond acceptors (Lipinski definition) is 2. The molecule has 3 aromatic rings. The van der Waals surface area contributed by atoms with E-state index in [1.807, 2.05) is 0 Å². The smallest absolute Gasteiger partial charge is 0.210 e. The van der Waals surface area contributed by atoms with Crippen LogP contribution < -0.4 is 24.8 Å². The number of rotatable bonds is 2. The van der Waals surface area contributed by atoms with Gasteiger partial charge in [-0.2, -0.15) is 0 Å². The normalized spacial score (nSPS) is 19.2. The van der Waals surface area contributed by atoms with Crippen molar-refractivity contribution in [1.82, 2.24) is 4.58 Å². The second kappa shape index (κ2) is 7.96. The van der Waals surface area contributed by atoms with Gasteiger partial charge in [0.05, 0.1) is 5.56 Å². The van der Waals surface area contributed by atoms with Crippen molar-refractivity contribution >= 4 is 11.3 Å². The third-order valence-corrected chi connectivity index (χ3v) is 9.34. The fraction of sp³-hybridized carbons (Fsp3) is 0.424. The Kier molecular flexibility index (Phi) is 4.66. The lowest BCUT2D eigenvalue weighted by atomic mass is 9.82. The van der Waals surface area contributed by atoms with Crippen LogP contribution in [0, 0.1) is 0 Å². The molecule has 36 heavy (non-hydrogen) atoms. The predicted molar refractivity (Wildman–Crippen MR) is 146 cm³/mol. The summed E-state index contributed by atoms with van der Waals surface area (Å²) in [5, 5.41) is 2.84. The standard InChI is InChI=1S/C33H35N2O/c1-2-21-11-13-22(14-12-21)29-27-19-23-7-3-15-34-17-5-9-25(30(23)34)32(27)36-33-26-10-6-18-35-16-4-8-24(31(26)35)20-28(29)33/h11-14,19-20H,2-10,15-18H2,1H3/q+1. The van der Waals surface area contributed by atoms with E-state index in [-0.39, 0.29) is 0 Å². The molecule has 0 atom stereocenters. The molecule has 182 valence electrons. The van der Waals surface area contributed by atoms with Crippen molar-refractivity contribution in [2.45, 2.75) is 64.7 Å². The Bertz CT molecular complexity index is 1540. The van der Waals surface area contributed by atoms with E-state index < -0.39 is 0 Å². The number of fused-ring (bicyclic) bond motifs is 4. The van der Waals surface area contributed by atoms with E-state index in [4.69, 9.17) is 4.74 Å². The summed E-state index contributed by atoms with van der Waals surface area (Å²) in [4.78, 5) is 2.64. The van der Waals surface area contributed by atoms with Crippen molar-refractivity contribution in [3.8, 4) is 11.5 Å². The number of hydrogen-bond donors (Lipinski definition) is 0. The van der Waals surface area contributed by atoms with E-state index in [1.165, 1.54) is 125 Å². The number of aryl methyl sites for hydroxylation is 3. The van der Waals surface area contributed by atoms with Gasteiger partial charge < -0.3 is 9.64 Å². The van der Waals surface area contributed by atoms with E-state index in [9.17, 15) is 0 Å². The van der Waals surface area contributed by atoms with E-state index >= 15 is 0 Å². The zero-order valence-corrected chi connectivity index (χ0v) is 21.5. The number of anilines is 1. The Hall–Kier alpha value is -3.07. The molecule has 0 N–H and O–H groups in total. The Labute approximate surface area is 213 Å². The van der Waals surface area contributed by atoms with Crippen molar-refractivity contribution in [3.05, 3.63) is 85.9 Å².